The van der Waals surface area contributed by atoms with Crippen molar-refractivity contribution in [2.45, 2.75) is 26.4 Å². The summed E-state index contributed by atoms with van der Waals surface area (Å²) in [6.07, 6.45) is -0.684. The van der Waals surface area contributed by atoms with Crippen molar-refractivity contribution in [2.75, 3.05) is 0 Å². The molecule has 0 bridgehead atoms. The molecule has 0 saturated carbocycles. The molecule has 0 aromatic heterocycles. The summed E-state index contributed by atoms with van der Waals surface area (Å²) in [5.41, 5.74) is 1.37. The van der Waals surface area contributed by atoms with Crippen LogP contribution in [0.1, 0.15) is 29.7 Å². The smallest absolute Gasteiger partial charge is 0.115 e. The quantitative estimate of drug-likeness (QED) is 0.769. The summed E-state index contributed by atoms with van der Waals surface area (Å²) in [6, 6.07) is 4.56. The second-order valence-electron chi connectivity index (χ2n) is 3.03. The summed E-state index contributed by atoms with van der Waals surface area (Å²) in [5, 5.41) is 9.22. The molecule has 0 heterocycles. The highest BCUT2D eigenvalue weighted by Crippen LogP contribution is 2.18. The average Bonchev–Trinajstić information content (AvgIpc) is 2.16. The molecule has 0 unspecified atom stereocenters. The van der Waals surface area contributed by atoms with Gasteiger partial charge in [0, 0.05) is 0 Å². The van der Waals surface area contributed by atoms with Gasteiger partial charge in [-0.15, -0.1) is 0 Å². The Morgan fingerprint density at radius 2 is 1.62 bits per heavy atom. The van der Waals surface area contributed by atoms with Crippen molar-refractivity contribution in [3.05, 3.63) is 34.9 Å². The summed E-state index contributed by atoms with van der Waals surface area (Å²) in [7, 11) is 0. The van der Waals surface area contributed by atoms with Gasteiger partial charge < -0.3 is 5.11 Å². The van der Waals surface area contributed by atoms with Gasteiger partial charge in [-0.05, 0) is 23.6 Å². The number of aliphatic hydroxyl groups excluding tert-OH is 1. The minimum absolute atomic E-state index is 0.408. The normalized spacial score (nSPS) is 12.9. The molecule has 0 saturated heterocycles. The highest BCUT2D eigenvalue weighted by atomic mass is 19.1. The van der Waals surface area contributed by atoms with Gasteiger partial charge >= 0.3 is 0 Å². The van der Waals surface area contributed by atoms with Crippen molar-refractivity contribution in [3.63, 3.8) is 0 Å². The number of halogens is 2. The van der Waals surface area contributed by atoms with Crippen molar-refractivity contribution < 1.29 is 13.9 Å². The highest BCUT2D eigenvalue weighted by molar-refractivity contribution is 5.30. The van der Waals surface area contributed by atoms with E-state index in [4.69, 9.17) is 0 Å². The molecule has 0 amide bonds. The lowest BCUT2D eigenvalue weighted by atomic mass is 10.0. The van der Waals surface area contributed by atoms with Crippen LogP contribution in [0.2, 0.25) is 0 Å². The minimum Gasteiger partial charge on any atom is -0.389 e. The lowest BCUT2D eigenvalue weighted by Gasteiger charge is -2.08. The molecule has 72 valence electrons. The molecular formula is C10H12F2O. The Labute approximate surface area is 76.0 Å². The van der Waals surface area contributed by atoms with Crippen molar-refractivity contribution in [1.82, 2.24) is 0 Å². The molecule has 1 aromatic carbocycles. The average molecular weight is 186 g/mol. The maximum atomic E-state index is 12.3. The van der Waals surface area contributed by atoms with Gasteiger partial charge in [-0.2, -0.15) is 0 Å². The monoisotopic (exact) mass is 186 g/mol. The molecule has 0 spiro atoms. The van der Waals surface area contributed by atoms with E-state index in [1.807, 2.05) is 0 Å². The summed E-state index contributed by atoms with van der Waals surface area (Å²) in [6.45, 7) is 0.306. The van der Waals surface area contributed by atoms with E-state index in [0.717, 1.165) is 0 Å². The zero-order valence-corrected chi connectivity index (χ0v) is 7.43. The second-order valence-corrected chi connectivity index (χ2v) is 3.03. The van der Waals surface area contributed by atoms with E-state index < -0.39 is 19.5 Å². The van der Waals surface area contributed by atoms with Crippen LogP contribution in [-0.4, -0.2) is 5.11 Å². The van der Waals surface area contributed by atoms with Crippen LogP contribution in [0.4, 0.5) is 8.78 Å². The number of alkyl halides is 2. The topological polar surface area (TPSA) is 20.2 Å². The Morgan fingerprint density at radius 3 is 1.92 bits per heavy atom. The molecule has 1 N–H and O–H groups in total. The number of benzene rings is 1. The molecule has 0 aliphatic rings. The first-order valence-corrected chi connectivity index (χ1v) is 4.10. The zero-order chi connectivity index (χ0) is 9.84. The van der Waals surface area contributed by atoms with Crippen molar-refractivity contribution in [3.8, 4) is 0 Å². The predicted octanol–water partition coefficient (Wildman–Crippen LogP) is 2.68. The lowest BCUT2D eigenvalue weighted by molar-refractivity contribution is 0.199. The molecule has 3 heteroatoms. The molecule has 0 aliphatic carbocycles. The maximum Gasteiger partial charge on any atom is 0.115 e. The molecule has 0 fully saturated rings. The van der Waals surface area contributed by atoms with Gasteiger partial charge in [0.1, 0.15) is 13.3 Å². The van der Waals surface area contributed by atoms with Crippen molar-refractivity contribution in [1.29, 1.82) is 0 Å². The Balaban J connectivity index is 3.07. The second kappa shape index (κ2) is 4.33. The van der Waals surface area contributed by atoms with E-state index in [1.165, 1.54) is 6.07 Å². The van der Waals surface area contributed by atoms with Gasteiger partial charge in [-0.1, -0.05) is 18.2 Å². The third kappa shape index (κ3) is 2.49. The fourth-order valence-corrected chi connectivity index (χ4v) is 1.19. The summed E-state index contributed by atoms with van der Waals surface area (Å²) in [4.78, 5) is 0. The van der Waals surface area contributed by atoms with Gasteiger partial charge in [0.25, 0.3) is 0 Å². The Hall–Kier alpha value is -0.960. The largest absolute Gasteiger partial charge is 0.389 e. The molecular weight excluding hydrogens is 174 g/mol. The molecule has 1 rings (SSSR count). The lowest BCUT2D eigenvalue weighted by Crippen LogP contribution is -1.95. The zero-order valence-electron chi connectivity index (χ0n) is 7.43. The minimum atomic E-state index is -0.684. The molecule has 1 nitrogen and oxygen atoms in total. The third-order valence-electron chi connectivity index (χ3n) is 1.87. The van der Waals surface area contributed by atoms with Crippen LogP contribution in [-0.2, 0) is 13.3 Å². The Morgan fingerprint density at radius 1 is 1.15 bits per heavy atom. The van der Waals surface area contributed by atoms with Gasteiger partial charge in [0.15, 0.2) is 0 Å². The van der Waals surface area contributed by atoms with Crippen molar-refractivity contribution >= 4 is 0 Å². The first-order valence-electron chi connectivity index (χ1n) is 4.10. The van der Waals surface area contributed by atoms with Crippen LogP contribution in [0.5, 0.6) is 0 Å². The first kappa shape index (κ1) is 10.1. The Kier molecular flexibility index (Phi) is 3.37. The van der Waals surface area contributed by atoms with Crippen molar-refractivity contribution in [2.24, 2.45) is 0 Å². The fraction of sp³-hybridized carbons (Fsp3) is 0.400. The molecule has 1 atom stereocenters. The maximum absolute atomic E-state index is 12.3. The predicted molar refractivity (Wildman–Crippen MR) is 46.7 cm³/mol. The molecule has 0 aliphatic heterocycles. The van der Waals surface area contributed by atoms with E-state index in [9.17, 15) is 13.9 Å². The standard InChI is InChI=1S/C10H12F2O/c1-7(13)10-3-8(5-11)2-9(4-10)6-12/h2-4,7,13H,5-6H2,1H3/t7-/m1/s1. The van der Waals surface area contributed by atoms with E-state index >= 15 is 0 Å². The van der Waals surface area contributed by atoms with E-state index in [-0.39, 0.29) is 0 Å². The summed E-state index contributed by atoms with van der Waals surface area (Å²) >= 11 is 0. The number of hydrogen-bond donors (Lipinski definition) is 1. The van der Waals surface area contributed by atoms with Gasteiger partial charge in [0.05, 0.1) is 6.10 Å². The molecule has 13 heavy (non-hydrogen) atoms. The van der Waals surface area contributed by atoms with Crippen LogP contribution in [0, 0.1) is 0 Å². The number of rotatable bonds is 3. The van der Waals surface area contributed by atoms with Crippen LogP contribution < -0.4 is 0 Å². The van der Waals surface area contributed by atoms with Gasteiger partial charge in [0.2, 0.25) is 0 Å². The summed E-state index contributed by atoms with van der Waals surface area (Å²) in [5.74, 6) is 0. The molecule has 0 radical (unpaired) electrons. The van der Waals surface area contributed by atoms with E-state index in [1.54, 1.807) is 19.1 Å². The first-order chi connectivity index (χ1) is 6.17. The summed E-state index contributed by atoms with van der Waals surface area (Å²) < 4.78 is 24.6. The van der Waals surface area contributed by atoms with Gasteiger partial charge in [-0.3, -0.25) is 0 Å². The molecule has 1 aromatic rings. The SMILES string of the molecule is C[C@@H](O)c1cc(CF)cc(CF)c1. The number of aliphatic hydroxyl groups is 1. The Bertz CT molecular complexity index is 262. The van der Waals surface area contributed by atoms with Crippen LogP contribution in [0.25, 0.3) is 0 Å². The van der Waals surface area contributed by atoms with E-state index in [0.29, 0.717) is 16.7 Å². The van der Waals surface area contributed by atoms with Crippen LogP contribution in [0.15, 0.2) is 18.2 Å². The van der Waals surface area contributed by atoms with Crippen LogP contribution in [0.3, 0.4) is 0 Å². The highest BCUT2D eigenvalue weighted by Gasteiger charge is 2.05. The van der Waals surface area contributed by atoms with Gasteiger partial charge in [-0.25, -0.2) is 8.78 Å². The fourth-order valence-electron chi connectivity index (χ4n) is 1.19. The third-order valence-corrected chi connectivity index (χ3v) is 1.87. The van der Waals surface area contributed by atoms with E-state index in [2.05, 4.69) is 0 Å². The number of hydrogen-bond acceptors (Lipinski definition) is 1. The van der Waals surface area contributed by atoms with Crippen LogP contribution >= 0.6 is 0 Å².